The number of aryl methyl sites for hydroxylation is 2. The highest BCUT2D eigenvalue weighted by molar-refractivity contribution is 7.99. The number of nitrogen functional groups attached to an aromatic ring is 1. The second kappa shape index (κ2) is 5.24. The first-order valence-corrected chi connectivity index (χ1v) is 8.16. The Morgan fingerprint density at radius 3 is 2.61 bits per heavy atom. The van der Waals surface area contributed by atoms with Gasteiger partial charge >= 0.3 is 0 Å². The average molecular weight is 325 g/mol. The number of thioether (sulfide) groups is 1. The summed E-state index contributed by atoms with van der Waals surface area (Å²) in [6.07, 6.45) is 0. The molecule has 0 amide bonds. The van der Waals surface area contributed by atoms with E-state index >= 15 is 0 Å². The predicted molar refractivity (Wildman–Crippen MR) is 90.1 cm³/mol. The Balaban J connectivity index is 1.81. The molecule has 0 bridgehead atoms. The van der Waals surface area contributed by atoms with Gasteiger partial charge in [0.05, 0.1) is 11.4 Å². The van der Waals surface area contributed by atoms with E-state index in [9.17, 15) is 0 Å². The summed E-state index contributed by atoms with van der Waals surface area (Å²) in [4.78, 5) is 0. The lowest BCUT2D eigenvalue weighted by Gasteiger charge is -2.14. The van der Waals surface area contributed by atoms with Gasteiger partial charge in [0, 0.05) is 17.1 Å². The number of fused-ring (bicyclic) bond motifs is 1. The largest absolute Gasteiger partial charge is 0.399 e. The SMILES string of the molecule is Cc1cc(C)n(-c2nnc3n2N=C(c2ccc(N)cc2)CS3)n1. The third-order valence-electron chi connectivity index (χ3n) is 3.60. The number of aromatic nitrogens is 5. The highest BCUT2D eigenvalue weighted by Gasteiger charge is 2.22. The molecule has 0 aliphatic carbocycles. The molecule has 2 aromatic heterocycles. The fraction of sp³-hybridized carbons (Fsp3) is 0.200. The van der Waals surface area contributed by atoms with E-state index in [2.05, 4.69) is 15.3 Å². The fourth-order valence-electron chi connectivity index (χ4n) is 2.50. The maximum atomic E-state index is 5.75. The maximum absolute atomic E-state index is 5.75. The van der Waals surface area contributed by atoms with Crippen molar-refractivity contribution in [2.45, 2.75) is 19.0 Å². The Bertz CT molecular complexity index is 905. The van der Waals surface area contributed by atoms with Crippen LogP contribution < -0.4 is 5.73 Å². The van der Waals surface area contributed by atoms with E-state index in [0.717, 1.165) is 39.3 Å². The first-order chi connectivity index (χ1) is 11.1. The highest BCUT2D eigenvalue weighted by atomic mass is 32.2. The number of hydrogen-bond donors (Lipinski definition) is 1. The van der Waals surface area contributed by atoms with Gasteiger partial charge < -0.3 is 5.73 Å². The third kappa shape index (κ3) is 2.40. The van der Waals surface area contributed by atoms with Gasteiger partial charge in [-0.25, -0.2) is 4.68 Å². The fourth-order valence-corrected chi connectivity index (χ4v) is 3.33. The average Bonchev–Trinajstić information content (AvgIpc) is 3.10. The first kappa shape index (κ1) is 14.0. The number of rotatable bonds is 2. The van der Waals surface area contributed by atoms with Gasteiger partial charge in [-0.1, -0.05) is 23.9 Å². The highest BCUT2D eigenvalue weighted by Crippen LogP contribution is 2.26. The van der Waals surface area contributed by atoms with Crippen molar-refractivity contribution in [3.8, 4) is 5.95 Å². The van der Waals surface area contributed by atoms with Crippen molar-refractivity contribution < 1.29 is 0 Å². The minimum Gasteiger partial charge on any atom is -0.399 e. The van der Waals surface area contributed by atoms with E-state index in [1.165, 1.54) is 0 Å². The van der Waals surface area contributed by atoms with Crippen LogP contribution in [0.3, 0.4) is 0 Å². The van der Waals surface area contributed by atoms with Gasteiger partial charge in [-0.15, -0.1) is 10.2 Å². The molecule has 0 unspecified atom stereocenters. The van der Waals surface area contributed by atoms with E-state index in [1.807, 2.05) is 44.2 Å². The van der Waals surface area contributed by atoms with Gasteiger partial charge in [-0.05, 0) is 37.6 Å². The van der Waals surface area contributed by atoms with Crippen LogP contribution in [0.25, 0.3) is 5.95 Å². The summed E-state index contributed by atoms with van der Waals surface area (Å²) in [5.41, 5.74) is 10.4. The van der Waals surface area contributed by atoms with Crippen LogP contribution in [-0.4, -0.2) is 36.1 Å². The Kier molecular flexibility index (Phi) is 3.19. The maximum Gasteiger partial charge on any atom is 0.274 e. The van der Waals surface area contributed by atoms with Crippen LogP contribution in [-0.2, 0) is 0 Å². The summed E-state index contributed by atoms with van der Waals surface area (Å²) in [5, 5.41) is 18.4. The summed E-state index contributed by atoms with van der Waals surface area (Å²) < 4.78 is 3.51. The molecule has 2 N–H and O–H groups in total. The van der Waals surface area contributed by atoms with Crippen LogP contribution >= 0.6 is 11.8 Å². The molecule has 0 saturated carbocycles. The minimum atomic E-state index is 0.603. The van der Waals surface area contributed by atoms with Crippen LogP contribution in [0, 0.1) is 13.8 Å². The number of anilines is 1. The molecule has 1 aromatic carbocycles. The molecule has 0 radical (unpaired) electrons. The molecule has 116 valence electrons. The van der Waals surface area contributed by atoms with E-state index < -0.39 is 0 Å². The van der Waals surface area contributed by atoms with Crippen molar-refractivity contribution in [1.82, 2.24) is 24.7 Å². The van der Waals surface area contributed by atoms with Gasteiger partial charge in [-0.2, -0.15) is 14.9 Å². The summed E-state index contributed by atoms with van der Waals surface area (Å²) >= 11 is 1.61. The van der Waals surface area contributed by atoms with Gasteiger partial charge in [0.2, 0.25) is 5.16 Å². The second-order valence-corrected chi connectivity index (χ2v) is 6.33. The lowest BCUT2D eigenvalue weighted by Crippen LogP contribution is -2.16. The zero-order valence-electron chi connectivity index (χ0n) is 12.8. The Morgan fingerprint density at radius 1 is 1.13 bits per heavy atom. The molecule has 0 atom stereocenters. The number of benzene rings is 1. The molecule has 3 heterocycles. The number of nitrogens with two attached hydrogens (primary N) is 1. The van der Waals surface area contributed by atoms with Gasteiger partial charge in [-0.3, -0.25) is 0 Å². The second-order valence-electron chi connectivity index (χ2n) is 5.39. The van der Waals surface area contributed by atoms with E-state index in [0.29, 0.717) is 5.95 Å². The normalized spacial score (nSPS) is 13.7. The standard InChI is InChI=1S/C15H15N7S/c1-9-7-10(2)21(19-9)14-17-18-15-22(14)20-13(8-23-15)11-3-5-12(16)6-4-11/h3-7H,8,16H2,1-2H3. The van der Waals surface area contributed by atoms with Crippen LogP contribution in [0.4, 0.5) is 5.69 Å². The van der Waals surface area contributed by atoms with Gasteiger partial charge in [0.25, 0.3) is 5.95 Å². The monoisotopic (exact) mass is 325 g/mol. The van der Waals surface area contributed by atoms with Gasteiger partial charge in [0.15, 0.2) is 0 Å². The zero-order valence-corrected chi connectivity index (χ0v) is 13.6. The quantitative estimate of drug-likeness (QED) is 0.728. The Hall–Kier alpha value is -2.61. The van der Waals surface area contributed by atoms with E-state index in [1.54, 1.807) is 21.1 Å². The smallest absolute Gasteiger partial charge is 0.274 e. The molecule has 8 heteroatoms. The molecule has 23 heavy (non-hydrogen) atoms. The molecule has 0 spiro atoms. The van der Waals surface area contributed by atoms with Crippen LogP contribution in [0.5, 0.6) is 0 Å². The van der Waals surface area contributed by atoms with Gasteiger partial charge in [0.1, 0.15) is 0 Å². The van der Waals surface area contributed by atoms with Crippen molar-refractivity contribution in [3.63, 3.8) is 0 Å². The van der Waals surface area contributed by atoms with Crippen LogP contribution in [0.15, 0.2) is 40.6 Å². The third-order valence-corrected chi connectivity index (χ3v) is 4.53. The van der Waals surface area contributed by atoms with Crippen molar-refractivity contribution in [3.05, 3.63) is 47.3 Å². The molecular weight excluding hydrogens is 310 g/mol. The minimum absolute atomic E-state index is 0.603. The Labute approximate surface area is 137 Å². The van der Waals surface area contributed by atoms with Crippen molar-refractivity contribution in [2.24, 2.45) is 5.10 Å². The number of nitrogens with zero attached hydrogens (tertiary/aromatic N) is 6. The Morgan fingerprint density at radius 2 is 1.91 bits per heavy atom. The van der Waals surface area contributed by atoms with Crippen LogP contribution in [0.2, 0.25) is 0 Å². The summed E-state index contributed by atoms with van der Waals surface area (Å²) in [6.45, 7) is 3.94. The van der Waals surface area contributed by atoms with E-state index in [4.69, 9.17) is 10.8 Å². The topological polar surface area (TPSA) is 86.9 Å². The lowest BCUT2D eigenvalue weighted by molar-refractivity contribution is 0.682. The summed E-state index contributed by atoms with van der Waals surface area (Å²) in [5.74, 6) is 1.35. The van der Waals surface area contributed by atoms with Crippen molar-refractivity contribution >= 4 is 23.2 Å². The molecule has 3 aromatic rings. The summed E-state index contributed by atoms with van der Waals surface area (Å²) in [6, 6.07) is 9.72. The predicted octanol–water partition coefficient (Wildman–Crippen LogP) is 2.02. The summed E-state index contributed by atoms with van der Waals surface area (Å²) in [7, 11) is 0. The number of hydrogen-bond acceptors (Lipinski definition) is 6. The van der Waals surface area contributed by atoms with Crippen LogP contribution in [0.1, 0.15) is 17.0 Å². The molecule has 1 aliphatic rings. The molecule has 7 nitrogen and oxygen atoms in total. The van der Waals surface area contributed by atoms with Crippen molar-refractivity contribution in [1.29, 1.82) is 0 Å². The van der Waals surface area contributed by atoms with E-state index in [-0.39, 0.29) is 0 Å². The molecule has 0 fully saturated rings. The molecule has 4 rings (SSSR count). The first-order valence-electron chi connectivity index (χ1n) is 7.17. The molecule has 1 aliphatic heterocycles. The molecule has 0 saturated heterocycles. The lowest BCUT2D eigenvalue weighted by atomic mass is 10.1. The zero-order chi connectivity index (χ0) is 16.0. The molecular formula is C15H15N7S. The van der Waals surface area contributed by atoms with Crippen molar-refractivity contribution in [2.75, 3.05) is 11.5 Å².